The van der Waals surface area contributed by atoms with E-state index >= 15 is 0 Å². The number of carbonyl (C=O) groups excluding carboxylic acids is 1. The maximum absolute atomic E-state index is 11.3. The van der Waals surface area contributed by atoms with Crippen molar-refractivity contribution in [1.29, 1.82) is 0 Å². The average Bonchev–Trinajstić information content (AvgIpc) is 2.62. The van der Waals surface area contributed by atoms with Gasteiger partial charge in [0, 0.05) is 6.42 Å². The second kappa shape index (κ2) is 21.3. The predicted molar refractivity (Wildman–Crippen MR) is 110 cm³/mol. The molecule has 25 heavy (non-hydrogen) atoms. The summed E-state index contributed by atoms with van der Waals surface area (Å²) in [5.41, 5.74) is 0. The van der Waals surface area contributed by atoms with Gasteiger partial charge >= 0.3 is 5.97 Å². The summed E-state index contributed by atoms with van der Waals surface area (Å²) < 4.78 is 5.07. The van der Waals surface area contributed by atoms with E-state index in [0.29, 0.717) is 13.0 Å². The normalized spacial score (nSPS) is 11.3. The topological polar surface area (TPSA) is 26.3 Å². The van der Waals surface area contributed by atoms with Crippen LogP contribution in [0.4, 0.5) is 0 Å². The van der Waals surface area contributed by atoms with Crippen molar-refractivity contribution >= 4 is 5.97 Å². The first-order valence-corrected chi connectivity index (χ1v) is 11.1. The first-order valence-electron chi connectivity index (χ1n) is 11.1. The van der Waals surface area contributed by atoms with Gasteiger partial charge in [0.2, 0.25) is 0 Å². The van der Waals surface area contributed by atoms with Gasteiger partial charge < -0.3 is 4.74 Å². The number of allylic oxidation sites excluding steroid dienone is 2. The molecular formula is C23H44O2. The molecule has 0 aromatic rings. The van der Waals surface area contributed by atoms with Crippen LogP contribution in [0.5, 0.6) is 0 Å². The minimum Gasteiger partial charge on any atom is -0.466 e. The highest BCUT2D eigenvalue weighted by Gasteiger charge is 2.01. The van der Waals surface area contributed by atoms with Crippen molar-refractivity contribution in [3.8, 4) is 0 Å². The van der Waals surface area contributed by atoms with Crippen LogP contribution >= 0.6 is 0 Å². The lowest BCUT2D eigenvalue weighted by atomic mass is 10.1. The van der Waals surface area contributed by atoms with Crippen LogP contribution in [0.25, 0.3) is 0 Å². The fourth-order valence-corrected chi connectivity index (χ4v) is 2.98. The summed E-state index contributed by atoms with van der Waals surface area (Å²) in [5, 5.41) is 0. The predicted octanol–water partition coefficient (Wildman–Crippen LogP) is 7.76. The van der Waals surface area contributed by atoms with Crippen molar-refractivity contribution in [3.63, 3.8) is 0 Å². The van der Waals surface area contributed by atoms with E-state index in [2.05, 4.69) is 19.1 Å². The zero-order chi connectivity index (χ0) is 18.4. The van der Waals surface area contributed by atoms with Gasteiger partial charge in [-0.25, -0.2) is 0 Å². The molecule has 0 atom stereocenters. The van der Waals surface area contributed by atoms with Crippen molar-refractivity contribution in [1.82, 2.24) is 0 Å². The SMILES string of the molecule is CCCCCCCCCCC=CCCCCCCCC(=O)OCCC. The maximum atomic E-state index is 11.3. The van der Waals surface area contributed by atoms with Gasteiger partial charge in [0.05, 0.1) is 6.61 Å². The van der Waals surface area contributed by atoms with Crippen LogP contribution in [0.15, 0.2) is 12.2 Å². The first-order chi connectivity index (χ1) is 12.3. The summed E-state index contributed by atoms with van der Waals surface area (Å²) in [6, 6.07) is 0. The molecule has 0 aliphatic rings. The lowest BCUT2D eigenvalue weighted by molar-refractivity contribution is -0.143. The quantitative estimate of drug-likeness (QED) is 0.135. The van der Waals surface area contributed by atoms with E-state index < -0.39 is 0 Å². The molecule has 0 N–H and O–H groups in total. The van der Waals surface area contributed by atoms with E-state index in [0.717, 1.165) is 19.3 Å². The molecule has 2 heteroatoms. The molecule has 0 heterocycles. The highest BCUT2D eigenvalue weighted by atomic mass is 16.5. The number of hydrogen-bond acceptors (Lipinski definition) is 2. The van der Waals surface area contributed by atoms with E-state index in [-0.39, 0.29) is 5.97 Å². The van der Waals surface area contributed by atoms with Crippen LogP contribution in [0.3, 0.4) is 0 Å². The molecule has 0 radical (unpaired) electrons. The van der Waals surface area contributed by atoms with Gasteiger partial charge in [0.25, 0.3) is 0 Å². The standard InChI is InChI=1S/C23H44O2/c1-3-5-6-7-8-9-10-11-12-13-14-15-16-17-18-19-20-21-23(24)25-22-4-2/h13-14H,3-12,15-22H2,1-2H3. The Hall–Kier alpha value is -0.790. The molecule has 148 valence electrons. The summed E-state index contributed by atoms with van der Waals surface area (Å²) in [4.78, 5) is 11.3. The molecule has 0 aromatic carbocycles. The molecule has 0 saturated heterocycles. The molecule has 0 unspecified atom stereocenters. The second-order valence-electron chi connectivity index (χ2n) is 7.26. The van der Waals surface area contributed by atoms with Gasteiger partial charge in [0.15, 0.2) is 0 Å². The Labute approximate surface area is 157 Å². The summed E-state index contributed by atoms with van der Waals surface area (Å²) in [5.74, 6) is -0.0225. The molecule has 0 spiro atoms. The van der Waals surface area contributed by atoms with Gasteiger partial charge in [0.1, 0.15) is 0 Å². The smallest absolute Gasteiger partial charge is 0.305 e. The third-order valence-electron chi connectivity index (χ3n) is 4.61. The Kier molecular flexibility index (Phi) is 20.6. The number of carbonyl (C=O) groups is 1. The Balaban J connectivity index is 3.14. The minimum absolute atomic E-state index is 0.0225. The molecular weight excluding hydrogens is 308 g/mol. The van der Waals surface area contributed by atoms with Crippen LogP contribution in [0.2, 0.25) is 0 Å². The summed E-state index contributed by atoms with van der Waals surface area (Å²) in [7, 11) is 0. The number of ether oxygens (including phenoxy) is 1. The van der Waals surface area contributed by atoms with Gasteiger partial charge in [-0.1, -0.05) is 90.2 Å². The second-order valence-corrected chi connectivity index (χ2v) is 7.26. The van der Waals surface area contributed by atoms with E-state index in [4.69, 9.17) is 4.74 Å². The van der Waals surface area contributed by atoms with E-state index in [1.54, 1.807) is 0 Å². The third-order valence-corrected chi connectivity index (χ3v) is 4.61. The Bertz CT molecular complexity index is 296. The Morgan fingerprint density at radius 2 is 1.12 bits per heavy atom. The van der Waals surface area contributed by atoms with Crippen LogP contribution < -0.4 is 0 Å². The third kappa shape index (κ3) is 21.2. The zero-order valence-electron chi connectivity index (χ0n) is 17.2. The Morgan fingerprint density at radius 3 is 1.64 bits per heavy atom. The molecule has 0 rings (SSSR count). The van der Waals surface area contributed by atoms with Gasteiger partial charge in [-0.2, -0.15) is 0 Å². The van der Waals surface area contributed by atoms with Crippen molar-refractivity contribution in [3.05, 3.63) is 12.2 Å². The molecule has 0 aliphatic carbocycles. The summed E-state index contributed by atoms with van der Waals surface area (Å²) in [6.07, 6.45) is 25.9. The van der Waals surface area contributed by atoms with E-state index in [9.17, 15) is 4.79 Å². The van der Waals surface area contributed by atoms with Crippen LogP contribution in [-0.4, -0.2) is 12.6 Å². The summed E-state index contributed by atoms with van der Waals surface area (Å²) in [6.45, 7) is 4.88. The van der Waals surface area contributed by atoms with Crippen molar-refractivity contribution in [2.45, 2.75) is 123 Å². The Morgan fingerprint density at radius 1 is 0.640 bits per heavy atom. The molecule has 0 bridgehead atoms. The monoisotopic (exact) mass is 352 g/mol. The molecule has 0 aromatic heterocycles. The van der Waals surface area contributed by atoms with Crippen molar-refractivity contribution in [2.75, 3.05) is 6.61 Å². The highest BCUT2D eigenvalue weighted by Crippen LogP contribution is 2.11. The average molecular weight is 353 g/mol. The number of hydrogen-bond donors (Lipinski definition) is 0. The van der Waals surface area contributed by atoms with Crippen LogP contribution in [0.1, 0.15) is 123 Å². The minimum atomic E-state index is -0.0225. The number of rotatable bonds is 19. The summed E-state index contributed by atoms with van der Waals surface area (Å²) >= 11 is 0. The van der Waals surface area contributed by atoms with Crippen molar-refractivity contribution in [2.24, 2.45) is 0 Å². The lowest BCUT2D eigenvalue weighted by Gasteiger charge is -2.03. The van der Waals surface area contributed by atoms with Crippen molar-refractivity contribution < 1.29 is 9.53 Å². The van der Waals surface area contributed by atoms with Gasteiger partial charge in [-0.05, 0) is 38.5 Å². The van der Waals surface area contributed by atoms with Gasteiger partial charge in [-0.15, -0.1) is 0 Å². The molecule has 0 fully saturated rings. The lowest BCUT2D eigenvalue weighted by Crippen LogP contribution is -2.04. The van der Waals surface area contributed by atoms with E-state index in [1.807, 2.05) is 6.92 Å². The maximum Gasteiger partial charge on any atom is 0.305 e. The number of esters is 1. The highest BCUT2D eigenvalue weighted by molar-refractivity contribution is 5.69. The number of unbranched alkanes of at least 4 members (excludes halogenated alkanes) is 13. The largest absolute Gasteiger partial charge is 0.466 e. The molecule has 0 saturated carbocycles. The molecule has 2 nitrogen and oxygen atoms in total. The fourth-order valence-electron chi connectivity index (χ4n) is 2.98. The first kappa shape index (κ1) is 24.2. The zero-order valence-corrected chi connectivity index (χ0v) is 17.2. The molecule has 0 aliphatic heterocycles. The fraction of sp³-hybridized carbons (Fsp3) is 0.870. The van der Waals surface area contributed by atoms with Gasteiger partial charge in [-0.3, -0.25) is 4.79 Å². The van der Waals surface area contributed by atoms with E-state index in [1.165, 1.54) is 83.5 Å². The molecule has 0 amide bonds. The van der Waals surface area contributed by atoms with Crippen LogP contribution in [-0.2, 0) is 9.53 Å². The van der Waals surface area contributed by atoms with Crippen LogP contribution in [0, 0.1) is 0 Å².